The quantitative estimate of drug-likeness (QED) is 0.760. The number of rotatable bonds is 1. The van der Waals surface area contributed by atoms with E-state index in [1.54, 1.807) is 18.3 Å². The van der Waals surface area contributed by atoms with Gasteiger partial charge in [0.25, 0.3) is 0 Å². The molecule has 2 rings (SSSR count). The molecule has 68 valence electrons. The van der Waals surface area contributed by atoms with Crippen LogP contribution in [-0.4, -0.2) is 14.5 Å². The van der Waals surface area contributed by atoms with E-state index in [2.05, 4.69) is 4.98 Å². The molecule has 4 heteroatoms. The summed E-state index contributed by atoms with van der Waals surface area (Å²) in [6.07, 6.45) is 2.58. The molecule has 0 spiro atoms. The Morgan fingerprint density at radius 3 is 3.08 bits per heavy atom. The van der Waals surface area contributed by atoms with Crippen molar-refractivity contribution in [3.8, 4) is 5.75 Å². The molecular weight excluding hydrogens is 188 g/mol. The van der Waals surface area contributed by atoms with Crippen molar-refractivity contribution in [1.82, 2.24) is 9.38 Å². The Bertz CT molecular complexity index is 450. The highest BCUT2D eigenvalue weighted by molar-refractivity contribution is 6.32. The van der Waals surface area contributed by atoms with Gasteiger partial charge in [-0.15, -0.1) is 0 Å². The van der Waals surface area contributed by atoms with Crippen molar-refractivity contribution < 1.29 is 5.11 Å². The van der Waals surface area contributed by atoms with Crippen LogP contribution in [0.25, 0.3) is 5.52 Å². The van der Waals surface area contributed by atoms with Crippen LogP contribution < -0.4 is 0 Å². The lowest BCUT2D eigenvalue weighted by molar-refractivity contribution is 0.475. The number of fused-ring (bicyclic) bond motifs is 1. The molecule has 0 saturated carbocycles. The highest BCUT2D eigenvalue weighted by atomic mass is 35.5. The van der Waals surface area contributed by atoms with Crippen LogP contribution in [0.1, 0.15) is 12.7 Å². The minimum atomic E-state index is 0.206. The summed E-state index contributed by atoms with van der Waals surface area (Å²) in [5.74, 6) is 1.11. The molecule has 0 fully saturated rings. The molecule has 13 heavy (non-hydrogen) atoms. The first kappa shape index (κ1) is 8.38. The Morgan fingerprint density at radius 2 is 2.38 bits per heavy atom. The third-order valence-corrected chi connectivity index (χ3v) is 2.25. The van der Waals surface area contributed by atoms with Crippen molar-refractivity contribution >= 4 is 17.1 Å². The number of aromatic hydroxyl groups is 1. The number of aromatic nitrogens is 2. The number of nitrogens with zero attached hydrogens (tertiary/aromatic N) is 2. The third-order valence-electron chi connectivity index (χ3n) is 1.97. The van der Waals surface area contributed by atoms with E-state index in [0.29, 0.717) is 5.15 Å². The van der Waals surface area contributed by atoms with Crippen molar-refractivity contribution in [2.45, 2.75) is 13.3 Å². The second kappa shape index (κ2) is 2.92. The minimum Gasteiger partial charge on any atom is -0.508 e. The van der Waals surface area contributed by atoms with Gasteiger partial charge in [-0.25, -0.2) is 4.98 Å². The summed E-state index contributed by atoms with van der Waals surface area (Å²) in [5, 5.41) is 9.67. The largest absolute Gasteiger partial charge is 0.508 e. The van der Waals surface area contributed by atoms with E-state index in [4.69, 9.17) is 11.6 Å². The van der Waals surface area contributed by atoms with Gasteiger partial charge in [0, 0.05) is 18.7 Å². The smallest absolute Gasteiger partial charge is 0.155 e. The first-order valence-electron chi connectivity index (χ1n) is 4.08. The van der Waals surface area contributed by atoms with Crippen LogP contribution in [0.4, 0.5) is 0 Å². The van der Waals surface area contributed by atoms with Crippen LogP contribution in [-0.2, 0) is 6.42 Å². The summed E-state index contributed by atoms with van der Waals surface area (Å²) in [6, 6.07) is 3.22. The fourth-order valence-electron chi connectivity index (χ4n) is 1.35. The Kier molecular flexibility index (Phi) is 1.88. The lowest BCUT2D eigenvalue weighted by Gasteiger charge is -1.97. The highest BCUT2D eigenvalue weighted by Gasteiger charge is 2.07. The zero-order valence-corrected chi connectivity index (χ0v) is 7.91. The third kappa shape index (κ3) is 1.25. The fraction of sp³-hybridized carbons (Fsp3) is 0.222. The van der Waals surface area contributed by atoms with Gasteiger partial charge in [0.2, 0.25) is 0 Å². The molecule has 0 aliphatic rings. The van der Waals surface area contributed by atoms with Gasteiger partial charge in [-0.2, -0.15) is 0 Å². The molecule has 0 aromatic carbocycles. The normalized spacial score (nSPS) is 10.9. The number of halogens is 1. The first-order valence-corrected chi connectivity index (χ1v) is 4.45. The molecular formula is C9H9ClN2O. The van der Waals surface area contributed by atoms with E-state index >= 15 is 0 Å². The molecule has 0 atom stereocenters. The van der Waals surface area contributed by atoms with Gasteiger partial charge in [0.1, 0.15) is 11.6 Å². The monoisotopic (exact) mass is 196 g/mol. The fourth-order valence-corrected chi connectivity index (χ4v) is 1.59. The zero-order valence-electron chi connectivity index (χ0n) is 7.16. The van der Waals surface area contributed by atoms with Crippen LogP contribution in [0.15, 0.2) is 18.3 Å². The topological polar surface area (TPSA) is 37.5 Å². The molecule has 0 amide bonds. The standard InChI is InChI=1S/C9H9ClN2O/c1-2-8-11-9(10)7-5-6(13)3-4-12(7)8/h3-5,13H,2H2,1H3. The van der Waals surface area contributed by atoms with Gasteiger partial charge >= 0.3 is 0 Å². The van der Waals surface area contributed by atoms with E-state index in [1.807, 2.05) is 11.3 Å². The predicted molar refractivity (Wildman–Crippen MR) is 51.2 cm³/mol. The second-order valence-electron chi connectivity index (χ2n) is 2.81. The summed E-state index contributed by atoms with van der Waals surface area (Å²) in [4.78, 5) is 4.17. The molecule has 0 radical (unpaired) electrons. The maximum atomic E-state index is 9.24. The van der Waals surface area contributed by atoms with Crippen molar-refractivity contribution in [2.75, 3.05) is 0 Å². The predicted octanol–water partition coefficient (Wildman–Crippen LogP) is 2.26. The molecule has 2 heterocycles. The van der Waals surface area contributed by atoms with E-state index < -0.39 is 0 Å². The molecule has 0 aliphatic heterocycles. The van der Waals surface area contributed by atoms with Crippen LogP contribution in [0.2, 0.25) is 5.15 Å². The maximum absolute atomic E-state index is 9.24. The summed E-state index contributed by atoms with van der Waals surface area (Å²) < 4.78 is 1.88. The zero-order chi connectivity index (χ0) is 9.42. The Balaban J connectivity index is 2.80. The van der Waals surface area contributed by atoms with E-state index in [-0.39, 0.29) is 5.75 Å². The van der Waals surface area contributed by atoms with Gasteiger partial charge in [-0.3, -0.25) is 0 Å². The van der Waals surface area contributed by atoms with Crippen LogP contribution in [0.3, 0.4) is 0 Å². The first-order chi connectivity index (χ1) is 6.22. The Hall–Kier alpha value is -1.22. The SMILES string of the molecule is CCc1nc(Cl)c2cc(O)ccn12. The van der Waals surface area contributed by atoms with E-state index in [1.165, 1.54) is 0 Å². The number of hydrogen-bond donors (Lipinski definition) is 1. The van der Waals surface area contributed by atoms with Crippen LogP contribution in [0, 0.1) is 0 Å². The molecule has 1 N–H and O–H groups in total. The van der Waals surface area contributed by atoms with Gasteiger partial charge < -0.3 is 9.51 Å². The highest BCUT2D eigenvalue weighted by Crippen LogP contribution is 2.22. The molecule has 2 aromatic rings. The molecule has 3 nitrogen and oxygen atoms in total. The number of imidazole rings is 1. The lowest BCUT2D eigenvalue weighted by atomic mass is 10.4. The van der Waals surface area contributed by atoms with Crippen LogP contribution >= 0.6 is 11.6 Å². The Labute approximate surface area is 80.6 Å². The maximum Gasteiger partial charge on any atom is 0.155 e. The van der Waals surface area contributed by atoms with Crippen molar-refractivity contribution in [3.63, 3.8) is 0 Å². The van der Waals surface area contributed by atoms with Gasteiger partial charge in [-0.05, 0) is 6.07 Å². The van der Waals surface area contributed by atoms with Crippen LogP contribution in [0.5, 0.6) is 5.75 Å². The summed E-state index contributed by atoms with van der Waals surface area (Å²) in [7, 11) is 0. The molecule has 0 bridgehead atoms. The van der Waals surface area contributed by atoms with Gasteiger partial charge in [0.05, 0.1) is 5.52 Å². The lowest BCUT2D eigenvalue weighted by Crippen LogP contribution is -1.90. The van der Waals surface area contributed by atoms with Crippen molar-refractivity contribution in [3.05, 3.63) is 29.3 Å². The van der Waals surface area contributed by atoms with Gasteiger partial charge in [0.15, 0.2) is 5.15 Å². The minimum absolute atomic E-state index is 0.206. The Morgan fingerprint density at radius 1 is 1.62 bits per heavy atom. The average molecular weight is 197 g/mol. The number of pyridine rings is 1. The molecule has 0 unspecified atom stereocenters. The van der Waals surface area contributed by atoms with E-state index in [9.17, 15) is 5.11 Å². The van der Waals surface area contributed by atoms with Crippen molar-refractivity contribution in [1.29, 1.82) is 0 Å². The molecule has 0 aliphatic carbocycles. The molecule has 0 saturated heterocycles. The number of aryl methyl sites for hydroxylation is 1. The summed E-state index contributed by atoms with van der Waals surface area (Å²) >= 11 is 5.89. The van der Waals surface area contributed by atoms with Gasteiger partial charge in [-0.1, -0.05) is 18.5 Å². The van der Waals surface area contributed by atoms with E-state index in [0.717, 1.165) is 17.8 Å². The molecule has 2 aromatic heterocycles. The summed E-state index contributed by atoms with van der Waals surface area (Å²) in [5.41, 5.74) is 0.749. The van der Waals surface area contributed by atoms with Crippen molar-refractivity contribution in [2.24, 2.45) is 0 Å². The average Bonchev–Trinajstić information content (AvgIpc) is 2.43. The summed E-state index contributed by atoms with van der Waals surface area (Å²) in [6.45, 7) is 2.01. The number of hydrogen-bond acceptors (Lipinski definition) is 2. The second-order valence-corrected chi connectivity index (χ2v) is 3.17.